The Morgan fingerprint density at radius 2 is 2.33 bits per heavy atom. The van der Waals surface area contributed by atoms with Crippen molar-refractivity contribution >= 4 is 27.8 Å². The molecule has 0 spiro atoms. The zero-order valence-electron chi connectivity index (χ0n) is 11.7. The van der Waals surface area contributed by atoms with Gasteiger partial charge in [0.25, 0.3) is 0 Å². The van der Waals surface area contributed by atoms with Crippen LogP contribution in [-0.2, 0) is 10.0 Å². The number of nitrogens with zero attached hydrogens (tertiary/aromatic N) is 2. The summed E-state index contributed by atoms with van der Waals surface area (Å²) in [7, 11) is -3.12. The number of carboxylic acid groups (broad SMARTS) is 1. The van der Waals surface area contributed by atoms with Gasteiger partial charge in [-0.25, -0.2) is 22.5 Å². The maximum absolute atomic E-state index is 11.6. The van der Waals surface area contributed by atoms with Gasteiger partial charge >= 0.3 is 5.97 Å². The van der Waals surface area contributed by atoms with Crippen molar-refractivity contribution in [3.63, 3.8) is 0 Å². The van der Waals surface area contributed by atoms with Crippen LogP contribution < -0.4 is 0 Å². The molecule has 1 aliphatic rings. The zero-order chi connectivity index (χ0) is 15.5. The first-order valence-corrected chi connectivity index (χ1v) is 9.47. The molecule has 1 aliphatic heterocycles. The molecule has 1 unspecified atom stereocenters. The molecule has 2 rings (SSSR count). The molecule has 1 saturated heterocycles. The summed E-state index contributed by atoms with van der Waals surface area (Å²) in [5.74, 6) is 0.0213. The van der Waals surface area contributed by atoms with Crippen LogP contribution in [0.1, 0.15) is 23.3 Å². The Labute approximate surface area is 128 Å². The van der Waals surface area contributed by atoms with E-state index < -0.39 is 16.0 Å². The molecule has 0 aliphatic carbocycles. The van der Waals surface area contributed by atoms with E-state index in [9.17, 15) is 13.2 Å². The van der Waals surface area contributed by atoms with Crippen LogP contribution >= 0.6 is 11.8 Å². The fourth-order valence-electron chi connectivity index (χ4n) is 2.30. The molecule has 1 fully saturated rings. The standard InChI is InChI=1S/C13H18N2O4S2/c1-21(18,19)15-6-2-3-10(8-15)9-20-11-4-5-14-12(7-11)13(16)17/h4-5,7,10H,2-3,6,8-9H2,1H3,(H,16,17). The summed E-state index contributed by atoms with van der Waals surface area (Å²) in [6.07, 6.45) is 4.59. The highest BCUT2D eigenvalue weighted by Gasteiger charge is 2.25. The molecule has 0 aromatic carbocycles. The molecule has 8 heteroatoms. The van der Waals surface area contributed by atoms with Gasteiger partial charge < -0.3 is 5.11 Å². The fourth-order valence-corrected chi connectivity index (χ4v) is 4.29. The van der Waals surface area contributed by atoms with Gasteiger partial charge in [0.15, 0.2) is 0 Å². The van der Waals surface area contributed by atoms with Gasteiger partial charge in [-0.15, -0.1) is 11.8 Å². The maximum Gasteiger partial charge on any atom is 0.354 e. The molecule has 21 heavy (non-hydrogen) atoms. The molecule has 6 nitrogen and oxygen atoms in total. The molecule has 1 atom stereocenters. The van der Waals surface area contributed by atoms with Crippen molar-refractivity contribution in [3.05, 3.63) is 24.0 Å². The average Bonchev–Trinajstić information content (AvgIpc) is 2.45. The first-order chi connectivity index (χ1) is 9.86. The topological polar surface area (TPSA) is 87.6 Å². The molecule has 1 aromatic rings. The van der Waals surface area contributed by atoms with E-state index in [2.05, 4.69) is 4.98 Å². The minimum atomic E-state index is -3.12. The smallest absolute Gasteiger partial charge is 0.354 e. The Hall–Kier alpha value is -1.12. The van der Waals surface area contributed by atoms with E-state index in [0.29, 0.717) is 19.0 Å². The van der Waals surface area contributed by atoms with Crippen LogP contribution in [-0.4, -0.2) is 53.9 Å². The van der Waals surface area contributed by atoms with Crippen LogP contribution in [0.15, 0.2) is 23.2 Å². The van der Waals surface area contributed by atoms with E-state index >= 15 is 0 Å². The second kappa shape index (κ2) is 6.76. The van der Waals surface area contributed by atoms with Crippen molar-refractivity contribution in [1.82, 2.24) is 9.29 Å². The summed E-state index contributed by atoms with van der Waals surface area (Å²) in [4.78, 5) is 15.5. The lowest BCUT2D eigenvalue weighted by Crippen LogP contribution is -2.39. The number of piperidine rings is 1. The number of carbonyl (C=O) groups is 1. The second-order valence-corrected chi connectivity index (χ2v) is 8.20. The van der Waals surface area contributed by atoms with Crippen molar-refractivity contribution in [3.8, 4) is 0 Å². The number of aromatic nitrogens is 1. The van der Waals surface area contributed by atoms with E-state index in [1.54, 1.807) is 23.9 Å². The third kappa shape index (κ3) is 4.69. The molecule has 0 radical (unpaired) electrons. The normalized spacial score (nSPS) is 20.3. The van der Waals surface area contributed by atoms with Gasteiger partial charge in [-0.05, 0) is 30.9 Å². The lowest BCUT2D eigenvalue weighted by Gasteiger charge is -2.30. The predicted octanol–water partition coefficient (Wildman–Crippen LogP) is 1.54. The number of hydrogen-bond donors (Lipinski definition) is 1. The number of pyridine rings is 1. The van der Waals surface area contributed by atoms with E-state index in [1.807, 2.05) is 0 Å². The minimum Gasteiger partial charge on any atom is -0.477 e. The number of aromatic carboxylic acids is 1. The van der Waals surface area contributed by atoms with Crippen molar-refractivity contribution in [1.29, 1.82) is 0 Å². The number of sulfonamides is 1. The molecule has 0 bridgehead atoms. The Bertz CT molecular complexity index is 618. The minimum absolute atomic E-state index is 0.0291. The highest BCUT2D eigenvalue weighted by molar-refractivity contribution is 7.99. The Morgan fingerprint density at radius 1 is 1.57 bits per heavy atom. The second-order valence-electron chi connectivity index (χ2n) is 5.12. The largest absolute Gasteiger partial charge is 0.477 e. The molecular formula is C13H18N2O4S2. The molecule has 0 saturated carbocycles. The Balaban J connectivity index is 1.94. The van der Waals surface area contributed by atoms with Gasteiger partial charge in [0.05, 0.1) is 6.26 Å². The van der Waals surface area contributed by atoms with E-state index in [1.165, 1.54) is 16.8 Å². The summed E-state index contributed by atoms with van der Waals surface area (Å²) in [6.45, 7) is 1.14. The first-order valence-electron chi connectivity index (χ1n) is 6.63. The van der Waals surface area contributed by atoms with Gasteiger partial charge in [0.2, 0.25) is 10.0 Å². The average molecular weight is 330 g/mol. The highest BCUT2D eigenvalue weighted by atomic mass is 32.2. The molecule has 0 amide bonds. The summed E-state index contributed by atoms with van der Waals surface area (Å²) < 4.78 is 24.7. The van der Waals surface area contributed by atoms with Gasteiger partial charge in [0.1, 0.15) is 5.69 Å². The van der Waals surface area contributed by atoms with E-state index in [0.717, 1.165) is 23.5 Å². The van der Waals surface area contributed by atoms with Gasteiger partial charge in [-0.1, -0.05) is 0 Å². The number of thioether (sulfide) groups is 1. The van der Waals surface area contributed by atoms with E-state index in [4.69, 9.17) is 5.11 Å². The monoisotopic (exact) mass is 330 g/mol. The lowest BCUT2D eigenvalue weighted by molar-refractivity contribution is 0.0690. The molecule has 1 N–H and O–H groups in total. The van der Waals surface area contributed by atoms with Crippen molar-refractivity contribution < 1.29 is 18.3 Å². The predicted molar refractivity (Wildman–Crippen MR) is 81.1 cm³/mol. The molecular weight excluding hydrogens is 312 g/mol. The van der Waals surface area contributed by atoms with Crippen LogP contribution in [0, 0.1) is 5.92 Å². The van der Waals surface area contributed by atoms with Crippen LogP contribution in [0.2, 0.25) is 0 Å². The van der Waals surface area contributed by atoms with Crippen molar-refractivity contribution in [2.75, 3.05) is 25.1 Å². The number of hydrogen-bond acceptors (Lipinski definition) is 5. The lowest BCUT2D eigenvalue weighted by atomic mass is 10.0. The SMILES string of the molecule is CS(=O)(=O)N1CCCC(CSc2ccnc(C(=O)O)c2)C1. The van der Waals surface area contributed by atoms with Gasteiger partial charge in [-0.3, -0.25) is 0 Å². The van der Waals surface area contributed by atoms with Gasteiger partial charge in [-0.2, -0.15) is 0 Å². The van der Waals surface area contributed by atoms with Crippen LogP contribution in [0.25, 0.3) is 0 Å². The molecule has 1 aromatic heterocycles. The molecule has 116 valence electrons. The van der Waals surface area contributed by atoms with Crippen molar-refractivity contribution in [2.45, 2.75) is 17.7 Å². The third-order valence-electron chi connectivity index (χ3n) is 3.39. The molecule has 2 heterocycles. The number of carboxylic acids is 1. The zero-order valence-corrected chi connectivity index (χ0v) is 13.4. The van der Waals surface area contributed by atoms with Crippen LogP contribution in [0.4, 0.5) is 0 Å². The Morgan fingerprint density at radius 3 is 3.00 bits per heavy atom. The van der Waals surface area contributed by atoms with E-state index in [-0.39, 0.29) is 5.69 Å². The number of rotatable bonds is 5. The summed E-state index contributed by atoms with van der Waals surface area (Å²) in [6, 6.07) is 3.32. The van der Waals surface area contributed by atoms with Gasteiger partial charge in [0, 0.05) is 29.9 Å². The summed E-state index contributed by atoms with van der Waals surface area (Å²) in [5, 5.41) is 8.91. The maximum atomic E-state index is 11.6. The quantitative estimate of drug-likeness (QED) is 0.824. The Kier molecular flexibility index (Phi) is 5.23. The fraction of sp³-hybridized carbons (Fsp3) is 0.538. The third-order valence-corrected chi connectivity index (χ3v) is 5.88. The summed E-state index contributed by atoms with van der Waals surface area (Å²) in [5.41, 5.74) is 0.0291. The van der Waals surface area contributed by atoms with Crippen LogP contribution in [0.5, 0.6) is 0 Å². The van der Waals surface area contributed by atoms with Crippen LogP contribution in [0.3, 0.4) is 0 Å². The van der Waals surface area contributed by atoms with Crippen molar-refractivity contribution in [2.24, 2.45) is 5.92 Å². The summed E-state index contributed by atoms with van der Waals surface area (Å²) >= 11 is 1.55. The first kappa shape index (κ1) is 16.3. The highest BCUT2D eigenvalue weighted by Crippen LogP contribution is 2.26.